The number of hydrogen-bond donors (Lipinski definition) is 1. The second-order valence-corrected chi connectivity index (χ2v) is 11.3. The van der Waals surface area contributed by atoms with Crippen LogP contribution in [0, 0.1) is 0 Å². The highest BCUT2D eigenvalue weighted by Crippen LogP contribution is 2.28. The third-order valence-electron chi connectivity index (χ3n) is 6.17. The largest absolute Gasteiger partial charge is 0.444 e. The van der Waals surface area contributed by atoms with Gasteiger partial charge in [-0.1, -0.05) is 13.3 Å². The molecule has 2 aliphatic rings. The minimum atomic E-state index is -0.662. The summed E-state index contributed by atoms with van der Waals surface area (Å²) in [6.07, 6.45) is 6.83. The lowest BCUT2D eigenvalue weighted by atomic mass is 9.95. The van der Waals surface area contributed by atoms with Crippen LogP contribution in [0.25, 0.3) is 0 Å². The molecule has 4 heterocycles. The van der Waals surface area contributed by atoms with E-state index in [9.17, 15) is 9.59 Å². The molecule has 196 valence electrons. The molecule has 0 aliphatic carbocycles. The minimum Gasteiger partial charge on any atom is -0.444 e. The maximum absolute atomic E-state index is 13.3. The quantitative estimate of drug-likeness (QED) is 0.614. The zero-order chi connectivity index (χ0) is 25.7. The second kappa shape index (κ2) is 11.5. The summed E-state index contributed by atoms with van der Waals surface area (Å²) in [5.41, 5.74) is -0.623. The molecular weight excluding hydrogens is 480 g/mol. The standard InChI is InChI=1S/C25H36N6O4S/c1-5-6-18-15-27-23(36-18)29-20-7-10-26-21(28-20)17-8-11-30(12-9-17)22(32)19-16-34-14-13-31(19)24(33)35-25(2,3)4/h7,10,15,17,19H,5-6,8-9,11-14,16H2,1-4H3,(H,26,27,28,29). The van der Waals surface area contributed by atoms with Gasteiger partial charge in [0, 0.05) is 42.8 Å². The Morgan fingerprint density at radius 2 is 2.00 bits per heavy atom. The van der Waals surface area contributed by atoms with E-state index >= 15 is 0 Å². The fourth-order valence-corrected chi connectivity index (χ4v) is 5.31. The van der Waals surface area contributed by atoms with Crippen molar-refractivity contribution in [3.63, 3.8) is 0 Å². The molecule has 1 N–H and O–H groups in total. The summed E-state index contributed by atoms with van der Waals surface area (Å²) in [7, 11) is 0. The molecule has 2 amide bonds. The number of nitrogens with one attached hydrogen (secondary N) is 1. The van der Waals surface area contributed by atoms with Gasteiger partial charge in [0.15, 0.2) is 5.13 Å². The van der Waals surface area contributed by atoms with Crippen LogP contribution < -0.4 is 5.32 Å². The molecule has 2 saturated heterocycles. The van der Waals surface area contributed by atoms with E-state index in [0.29, 0.717) is 26.2 Å². The molecule has 0 bridgehead atoms. The average Bonchev–Trinajstić information content (AvgIpc) is 3.30. The van der Waals surface area contributed by atoms with Crippen LogP contribution in [-0.4, -0.2) is 81.2 Å². The van der Waals surface area contributed by atoms with Gasteiger partial charge in [0.05, 0.1) is 13.2 Å². The Morgan fingerprint density at radius 1 is 1.22 bits per heavy atom. The van der Waals surface area contributed by atoms with E-state index in [1.807, 2.05) is 37.9 Å². The number of ether oxygens (including phenoxy) is 2. The number of piperidine rings is 1. The maximum Gasteiger partial charge on any atom is 0.411 e. The number of rotatable bonds is 6. The molecule has 2 aromatic heterocycles. The Hall–Kier alpha value is -2.79. The van der Waals surface area contributed by atoms with Crippen molar-refractivity contribution in [2.75, 3.05) is 38.2 Å². The van der Waals surface area contributed by atoms with Crippen molar-refractivity contribution < 1.29 is 19.1 Å². The van der Waals surface area contributed by atoms with Gasteiger partial charge in [-0.2, -0.15) is 0 Å². The van der Waals surface area contributed by atoms with Crippen LogP contribution in [0.2, 0.25) is 0 Å². The lowest BCUT2D eigenvalue weighted by Gasteiger charge is -2.39. The van der Waals surface area contributed by atoms with Crippen LogP contribution in [0.1, 0.15) is 63.6 Å². The van der Waals surface area contributed by atoms with E-state index in [1.54, 1.807) is 17.5 Å². The van der Waals surface area contributed by atoms with Crippen molar-refractivity contribution in [3.8, 4) is 0 Å². The molecule has 11 heteroatoms. The number of likely N-dealkylation sites (tertiary alicyclic amines) is 1. The average molecular weight is 517 g/mol. The second-order valence-electron chi connectivity index (χ2n) is 10.2. The first-order chi connectivity index (χ1) is 17.2. The number of hydrogen-bond acceptors (Lipinski definition) is 9. The van der Waals surface area contributed by atoms with Gasteiger partial charge in [-0.05, 0) is 46.1 Å². The highest BCUT2D eigenvalue weighted by molar-refractivity contribution is 7.15. The summed E-state index contributed by atoms with van der Waals surface area (Å²) >= 11 is 1.64. The number of morpholine rings is 1. The van der Waals surface area contributed by atoms with Gasteiger partial charge in [0.25, 0.3) is 0 Å². The normalized spacial score (nSPS) is 19.3. The van der Waals surface area contributed by atoms with E-state index < -0.39 is 17.7 Å². The molecule has 0 spiro atoms. The molecular formula is C25H36N6O4S. The zero-order valence-electron chi connectivity index (χ0n) is 21.5. The number of nitrogens with zero attached hydrogens (tertiary/aromatic N) is 5. The number of aryl methyl sites for hydroxylation is 1. The van der Waals surface area contributed by atoms with Gasteiger partial charge in [-0.3, -0.25) is 9.69 Å². The van der Waals surface area contributed by atoms with Gasteiger partial charge < -0.3 is 19.7 Å². The topological polar surface area (TPSA) is 110 Å². The summed E-state index contributed by atoms with van der Waals surface area (Å²) < 4.78 is 11.1. The van der Waals surface area contributed by atoms with E-state index in [1.165, 1.54) is 9.78 Å². The first-order valence-electron chi connectivity index (χ1n) is 12.6. The molecule has 2 fully saturated rings. The number of carbonyl (C=O) groups excluding carboxylic acids is 2. The third-order valence-corrected chi connectivity index (χ3v) is 7.15. The Balaban J connectivity index is 1.34. The van der Waals surface area contributed by atoms with Gasteiger partial charge >= 0.3 is 6.09 Å². The first kappa shape index (κ1) is 26.3. The first-order valence-corrected chi connectivity index (χ1v) is 13.5. The van der Waals surface area contributed by atoms with Gasteiger partial charge in [0.2, 0.25) is 5.91 Å². The van der Waals surface area contributed by atoms with Crippen molar-refractivity contribution in [1.82, 2.24) is 24.8 Å². The van der Waals surface area contributed by atoms with Crippen LogP contribution in [0.3, 0.4) is 0 Å². The summed E-state index contributed by atoms with van der Waals surface area (Å²) in [5, 5.41) is 4.12. The highest BCUT2D eigenvalue weighted by atomic mass is 32.1. The molecule has 4 rings (SSSR count). The van der Waals surface area contributed by atoms with Crippen molar-refractivity contribution in [3.05, 3.63) is 29.2 Å². The van der Waals surface area contributed by atoms with Gasteiger partial charge in [0.1, 0.15) is 23.3 Å². The lowest BCUT2D eigenvalue weighted by Crippen LogP contribution is -2.58. The van der Waals surface area contributed by atoms with Gasteiger partial charge in [-0.25, -0.2) is 19.7 Å². The van der Waals surface area contributed by atoms with Crippen LogP contribution in [0.15, 0.2) is 18.5 Å². The monoisotopic (exact) mass is 516 g/mol. The van der Waals surface area contributed by atoms with Crippen LogP contribution >= 0.6 is 11.3 Å². The molecule has 0 saturated carbocycles. The number of carbonyl (C=O) groups is 2. The minimum absolute atomic E-state index is 0.0954. The number of aromatic nitrogens is 3. The molecule has 1 unspecified atom stereocenters. The van der Waals surface area contributed by atoms with Crippen LogP contribution in [-0.2, 0) is 20.7 Å². The third kappa shape index (κ3) is 6.70. The fraction of sp³-hybridized carbons (Fsp3) is 0.640. The molecule has 0 aromatic carbocycles. The summed E-state index contributed by atoms with van der Waals surface area (Å²) in [6, 6.07) is 1.18. The van der Waals surface area contributed by atoms with Crippen LogP contribution in [0.4, 0.5) is 15.7 Å². The van der Waals surface area contributed by atoms with E-state index in [0.717, 1.165) is 42.5 Å². The molecule has 0 radical (unpaired) electrons. The SMILES string of the molecule is CCCc1cnc(Nc2ccnc(C3CCN(C(=O)C4COCCN4C(=O)OC(C)(C)C)CC3)n2)s1. The predicted molar refractivity (Wildman–Crippen MR) is 138 cm³/mol. The Kier molecular flexibility index (Phi) is 8.40. The Morgan fingerprint density at radius 3 is 2.72 bits per heavy atom. The molecule has 10 nitrogen and oxygen atoms in total. The molecule has 1 atom stereocenters. The smallest absolute Gasteiger partial charge is 0.411 e. The van der Waals surface area contributed by atoms with E-state index in [-0.39, 0.29) is 18.4 Å². The van der Waals surface area contributed by atoms with Crippen molar-refractivity contribution in [2.45, 2.75) is 70.9 Å². The summed E-state index contributed by atoms with van der Waals surface area (Å²) in [4.78, 5) is 44.3. The molecule has 36 heavy (non-hydrogen) atoms. The lowest BCUT2D eigenvalue weighted by molar-refractivity contribution is -0.143. The Bertz CT molecular complexity index is 1050. The summed E-state index contributed by atoms with van der Waals surface area (Å²) in [6.45, 7) is 9.70. The summed E-state index contributed by atoms with van der Waals surface area (Å²) in [5.74, 6) is 1.56. The van der Waals surface area contributed by atoms with E-state index in [4.69, 9.17) is 14.5 Å². The van der Waals surface area contributed by atoms with Crippen molar-refractivity contribution in [1.29, 1.82) is 0 Å². The fourth-order valence-electron chi connectivity index (χ4n) is 4.39. The molecule has 2 aromatic rings. The highest BCUT2D eigenvalue weighted by Gasteiger charge is 2.39. The number of anilines is 2. The van der Waals surface area contributed by atoms with E-state index in [2.05, 4.69) is 22.2 Å². The Labute approximate surface area is 216 Å². The van der Waals surface area contributed by atoms with Crippen molar-refractivity contribution in [2.24, 2.45) is 0 Å². The van der Waals surface area contributed by atoms with Crippen LogP contribution in [0.5, 0.6) is 0 Å². The zero-order valence-corrected chi connectivity index (χ0v) is 22.3. The molecule has 2 aliphatic heterocycles. The number of thiazole rings is 1. The predicted octanol–water partition coefficient (Wildman–Crippen LogP) is 3.97. The number of amides is 2. The van der Waals surface area contributed by atoms with Crippen molar-refractivity contribution >= 4 is 34.3 Å². The van der Waals surface area contributed by atoms with Gasteiger partial charge in [-0.15, -0.1) is 11.3 Å². The maximum atomic E-state index is 13.3.